The lowest BCUT2D eigenvalue weighted by Crippen LogP contribution is -2.39. The quantitative estimate of drug-likeness (QED) is 0.458. The third kappa shape index (κ3) is 4.13. The van der Waals surface area contributed by atoms with Crippen molar-refractivity contribution in [2.24, 2.45) is 0 Å². The summed E-state index contributed by atoms with van der Waals surface area (Å²) >= 11 is 2.80. The van der Waals surface area contributed by atoms with Crippen LogP contribution in [0.3, 0.4) is 0 Å². The van der Waals surface area contributed by atoms with Gasteiger partial charge in [0.25, 0.3) is 5.56 Å². The molecule has 8 heteroatoms. The second kappa shape index (κ2) is 8.88. The molecule has 0 unspecified atom stereocenters. The average Bonchev–Trinajstić information content (AvgIpc) is 3.17. The number of hydrogen-bond donors (Lipinski definition) is 0. The van der Waals surface area contributed by atoms with Crippen molar-refractivity contribution < 1.29 is 4.74 Å². The summed E-state index contributed by atoms with van der Waals surface area (Å²) in [6.45, 7) is 4.55. The van der Waals surface area contributed by atoms with E-state index in [0.717, 1.165) is 43.3 Å². The molecule has 1 aliphatic heterocycles. The largest absolute Gasteiger partial charge is 0.379 e. The Morgan fingerprint density at radius 1 is 1.21 bits per heavy atom. The Morgan fingerprint density at radius 3 is 2.75 bits per heavy atom. The van der Waals surface area contributed by atoms with E-state index in [2.05, 4.69) is 11.0 Å². The summed E-state index contributed by atoms with van der Waals surface area (Å²) < 4.78 is 7.79. The zero-order valence-corrected chi connectivity index (χ0v) is 17.0. The zero-order valence-electron chi connectivity index (χ0n) is 15.3. The Morgan fingerprint density at radius 2 is 2.00 bits per heavy atom. The molecule has 0 saturated carbocycles. The molecular weight excluding hydrogens is 392 g/mol. The van der Waals surface area contributed by atoms with Crippen LogP contribution >= 0.6 is 23.1 Å². The normalized spacial score (nSPS) is 15.0. The molecule has 3 heterocycles. The number of morpholine rings is 1. The van der Waals surface area contributed by atoms with E-state index in [-0.39, 0.29) is 11.3 Å². The Hall–Kier alpha value is -2.18. The van der Waals surface area contributed by atoms with Gasteiger partial charge in [0.2, 0.25) is 0 Å². The molecule has 0 bridgehead atoms. The summed E-state index contributed by atoms with van der Waals surface area (Å²) in [6.07, 6.45) is 0. The van der Waals surface area contributed by atoms with Gasteiger partial charge in [-0.05, 0) is 11.6 Å². The van der Waals surface area contributed by atoms with Crippen molar-refractivity contribution in [2.75, 3.05) is 38.6 Å². The monoisotopic (exact) mass is 412 g/mol. The van der Waals surface area contributed by atoms with Crippen LogP contribution in [-0.2, 0) is 11.3 Å². The third-order valence-electron chi connectivity index (χ3n) is 4.67. The number of ether oxygens (including phenoxy) is 1. The number of aromatic nitrogens is 2. The first-order valence-electron chi connectivity index (χ1n) is 9.16. The summed E-state index contributed by atoms with van der Waals surface area (Å²) in [5.74, 6) is 0.269. The van der Waals surface area contributed by atoms with Crippen molar-refractivity contribution in [1.29, 1.82) is 5.26 Å². The molecule has 1 saturated heterocycles. The molecule has 0 spiro atoms. The molecule has 4 rings (SSSR count). The zero-order chi connectivity index (χ0) is 19.3. The molecule has 3 aromatic rings. The highest BCUT2D eigenvalue weighted by Crippen LogP contribution is 2.31. The first-order chi connectivity index (χ1) is 13.8. The van der Waals surface area contributed by atoms with E-state index in [0.29, 0.717) is 21.9 Å². The van der Waals surface area contributed by atoms with Crippen LogP contribution in [0.5, 0.6) is 0 Å². The summed E-state index contributed by atoms with van der Waals surface area (Å²) in [6, 6.07) is 14.1. The van der Waals surface area contributed by atoms with E-state index in [1.807, 2.05) is 36.4 Å². The predicted molar refractivity (Wildman–Crippen MR) is 113 cm³/mol. The van der Waals surface area contributed by atoms with Crippen LogP contribution in [0.4, 0.5) is 0 Å². The van der Waals surface area contributed by atoms with Crippen LogP contribution in [0.15, 0.2) is 46.3 Å². The molecule has 1 aliphatic rings. The first kappa shape index (κ1) is 19.2. The Labute approximate surface area is 171 Å². The molecule has 28 heavy (non-hydrogen) atoms. The fourth-order valence-electron chi connectivity index (χ4n) is 3.21. The molecule has 1 fully saturated rings. The van der Waals surface area contributed by atoms with Crippen LogP contribution in [0.1, 0.15) is 0 Å². The summed E-state index contributed by atoms with van der Waals surface area (Å²) in [4.78, 5) is 21.3. The van der Waals surface area contributed by atoms with Crippen molar-refractivity contribution in [3.8, 4) is 16.5 Å². The van der Waals surface area contributed by atoms with Gasteiger partial charge in [-0.2, -0.15) is 5.26 Å². The molecule has 0 N–H and O–H groups in total. The molecular formula is C20H20N4O2S2. The summed E-state index contributed by atoms with van der Waals surface area (Å²) in [5.41, 5.74) is 1.76. The lowest BCUT2D eigenvalue weighted by molar-refractivity contribution is 0.0359. The second-order valence-corrected chi connectivity index (χ2v) is 8.44. The Balaban J connectivity index is 1.70. The molecule has 0 amide bonds. The van der Waals surface area contributed by atoms with E-state index in [9.17, 15) is 4.79 Å². The van der Waals surface area contributed by atoms with Crippen LogP contribution in [0, 0.1) is 11.3 Å². The standard InChI is InChI=1S/C20H20N4O2S2/c21-6-13-27-20-22-16-14-17(15-4-2-1-3-5-15)28-18(16)19(25)24(20)8-7-23-9-11-26-12-10-23/h1-5,14H,7-13H2. The lowest BCUT2D eigenvalue weighted by atomic mass is 10.2. The van der Waals surface area contributed by atoms with Crippen LogP contribution < -0.4 is 5.56 Å². The number of hydrogen-bond acceptors (Lipinski definition) is 7. The highest BCUT2D eigenvalue weighted by molar-refractivity contribution is 7.99. The first-order valence-corrected chi connectivity index (χ1v) is 11.0. The second-order valence-electron chi connectivity index (χ2n) is 6.44. The summed E-state index contributed by atoms with van der Waals surface area (Å²) in [5, 5.41) is 9.60. The highest BCUT2D eigenvalue weighted by Gasteiger charge is 2.17. The minimum Gasteiger partial charge on any atom is -0.379 e. The minimum absolute atomic E-state index is 0.0223. The highest BCUT2D eigenvalue weighted by atomic mass is 32.2. The van der Waals surface area contributed by atoms with E-state index in [1.165, 1.54) is 23.1 Å². The molecule has 1 aromatic carbocycles. The smallest absolute Gasteiger partial charge is 0.272 e. The fraction of sp³-hybridized carbons (Fsp3) is 0.350. The molecule has 144 valence electrons. The van der Waals surface area contributed by atoms with Crippen molar-refractivity contribution in [2.45, 2.75) is 11.7 Å². The van der Waals surface area contributed by atoms with Gasteiger partial charge in [-0.25, -0.2) is 4.98 Å². The van der Waals surface area contributed by atoms with Gasteiger partial charge in [-0.15, -0.1) is 11.3 Å². The number of thioether (sulfide) groups is 1. The molecule has 6 nitrogen and oxygen atoms in total. The van der Waals surface area contributed by atoms with Gasteiger partial charge in [0.05, 0.1) is 30.6 Å². The van der Waals surface area contributed by atoms with Gasteiger partial charge in [0.15, 0.2) is 5.16 Å². The Bertz CT molecular complexity index is 1050. The van der Waals surface area contributed by atoms with Crippen molar-refractivity contribution in [3.05, 3.63) is 46.8 Å². The maximum Gasteiger partial charge on any atom is 0.272 e. The number of nitriles is 1. The maximum absolute atomic E-state index is 13.2. The predicted octanol–water partition coefficient (Wildman–Crippen LogP) is 3.07. The molecule has 0 radical (unpaired) electrons. The van der Waals surface area contributed by atoms with Gasteiger partial charge >= 0.3 is 0 Å². The van der Waals surface area contributed by atoms with Gasteiger partial charge in [0, 0.05) is 31.1 Å². The van der Waals surface area contributed by atoms with Crippen molar-refractivity contribution in [1.82, 2.24) is 14.5 Å². The van der Waals surface area contributed by atoms with E-state index < -0.39 is 0 Å². The van der Waals surface area contributed by atoms with E-state index in [1.54, 1.807) is 4.57 Å². The topological polar surface area (TPSA) is 71.2 Å². The Kier molecular flexibility index (Phi) is 6.07. The number of benzene rings is 1. The van der Waals surface area contributed by atoms with Crippen molar-refractivity contribution in [3.63, 3.8) is 0 Å². The van der Waals surface area contributed by atoms with Crippen LogP contribution in [0.25, 0.3) is 20.7 Å². The fourth-order valence-corrected chi connectivity index (χ4v) is 4.94. The van der Waals surface area contributed by atoms with Gasteiger partial charge in [0.1, 0.15) is 4.70 Å². The van der Waals surface area contributed by atoms with Crippen LogP contribution in [0.2, 0.25) is 0 Å². The number of rotatable bonds is 6. The lowest BCUT2D eigenvalue weighted by Gasteiger charge is -2.26. The van der Waals surface area contributed by atoms with Gasteiger partial charge in [-0.3, -0.25) is 14.3 Å². The number of nitrogens with zero attached hydrogens (tertiary/aromatic N) is 4. The van der Waals surface area contributed by atoms with E-state index >= 15 is 0 Å². The average molecular weight is 413 g/mol. The van der Waals surface area contributed by atoms with Gasteiger partial charge in [-0.1, -0.05) is 42.1 Å². The third-order valence-corrected chi connectivity index (χ3v) is 6.67. The molecule has 0 aliphatic carbocycles. The van der Waals surface area contributed by atoms with E-state index in [4.69, 9.17) is 15.0 Å². The van der Waals surface area contributed by atoms with Gasteiger partial charge < -0.3 is 4.74 Å². The number of thiophene rings is 1. The SMILES string of the molecule is N#CCSc1nc2cc(-c3ccccc3)sc2c(=O)n1CCN1CCOCC1. The summed E-state index contributed by atoms with van der Waals surface area (Å²) in [7, 11) is 0. The maximum atomic E-state index is 13.2. The molecule has 0 atom stereocenters. The van der Waals surface area contributed by atoms with Crippen molar-refractivity contribution >= 4 is 33.3 Å². The minimum atomic E-state index is -0.0223. The number of fused-ring (bicyclic) bond motifs is 1. The van der Waals surface area contributed by atoms with Crippen LogP contribution in [-0.4, -0.2) is 53.1 Å². The molecule has 2 aromatic heterocycles.